The molecule has 0 aliphatic carbocycles. The highest BCUT2D eigenvalue weighted by Gasteiger charge is 2.05. The van der Waals surface area contributed by atoms with Gasteiger partial charge in [-0.3, -0.25) is 9.59 Å². The number of carboxylic acid groups (broad SMARTS) is 1. The summed E-state index contributed by atoms with van der Waals surface area (Å²) in [6.45, 7) is 0. The van der Waals surface area contributed by atoms with Crippen LogP contribution in [0, 0.1) is 0 Å². The van der Waals surface area contributed by atoms with Crippen LogP contribution in [0.15, 0.2) is 11.6 Å². The van der Waals surface area contributed by atoms with E-state index in [1.54, 1.807) is 0 Å². The van der Waals surface area contributed by atoms with Gasteiger partial charge in [-0.15, -0.1) is 0 Å². The zero-order valence-electron chi connectivity index (χ0n) is 4.90. The molecule has 0 fully saturated rings. The third-order valence-electron chi connectivity index (χ3n) is 0.672. The zero-order chi connectivity index (χ0) is 8.15. The van der Waals surface area contributed by atoms with Crippen molar-refractivity contribution in [1.29, 1.82) is 0 Å². The minimum Gasteiger partial charge on any atom is -0.478 e. The van der Waals surface area contributed by atoms with Gasteiger partial charge in [0.2, 0.25) is 5.91 Å². The van der Waals surface area contributed by atoms with Crippen LogP contribution in [0.1, 0.15) is 0 Å². The van der Waals surface area contributed by atoms with E-state index in [0.29, 0.717) is 6.08 Å². The molecule has 0 saturated heterocycles. The van der Waals surface area contributed by atoms with Gasteiger partial charge < -0.3 is 10.8 Å². The van der Waals surface area contributed by atoms with Gasteiger partial charge in [0.05, 0.1) is 0 Å². The first-order chi connectivity index (χ1) is 4.57. The average molecular weight is 143 g/mol. The predicted octanol–water partition coefficient (Wildman–Crippen LogP) is -1.32. The van der Waals surface area contributed by atoms with Crippen LogP contribution in [0.2, 0.25) is 0 Å². The first-order valence-corrected chi connectivity index (χ1v) is 2.27. The highest BCUT2D eigenvalue weighted by Crippen LogP contribution is 1.86. The van der Waals surface area contributed by atoms with Crippen molar-refractivity contribution in [2.75, 3.05) is 0 Å². The molecule has 1 amide bonds. The van der Waals surface area contributed by atoms with Gasteiger partial charge in [0.15, 0.2) is 6.29 Å². The van der Waals surface area contributed by atoms with Gasteiger partial charge in [-0.2, -0.15) is 0 Å². The van der Waals surface area contributed by atoms with Crippen LogP contribution in [0.3, 0.4) is 0 Å². The summed E-state index contributed by atoms with van der Waals surface area (Å²) < 4.78 is 0. The van der Waals surface area contributed by atoms with E-state index in [1.165, 1.54) is 0 Å². The van der Waals surface area contributed by atoms with Gasteiger partial charge in [-0.25, -0.2) is 4.79 Å². The monoisotopic (exact) mass is 143 g/mol. The van der Waals surface area contributed by atoms with Gasteiger partial charge in [0.25, 0.3) is 0 Å². The summed E-state index contributed by atoms with van der Waals surface area (Å²) >= 11 is 0. The van der Waals surface area contributed by atoms with Crippen LogP contribution in [0.5, 0.6) is 0 Å². The summed E-state index contributed by atoms with van der Waals surface area (Å²) in [6.07, 6.45) is 0.600. The van der Waals surface area contributed by atoms with Crippen LogP contribution < -0.4 is 5.73 Å². The van der Waals surface area contributed by atoms with Crippen molar-refractivity contribution < 1.29 is 19.5 Å². The lowest BCUT2D eigenvalue weighted by Gasteiger charge is -1.86. The molecule has 5 heteroatoms. The lowest BCUT2D eigenvalue weighted by Crippen LogP contribution is -2.11. The van der Waals surface area contributed by atoms with E-state index in [1.807, 2.05) is 0 Å². The molecule has 0 heterocycles. The Morgan fingerprint density at radius 1 is 1.40 bits per heavy atom. The molecule has 0 spiro atoms. The Morgan fingerprint density at radius 2 is 1.90 bits per heavy atom. The van der Waals surface area contributed by atoms with E-state index >= 15 is 0 Å². The molecular formula is C5H5NO4. The number of hydrogen-bond acceptors (Lipinski definition) is 3. The lowest BCUT2D eigenvalue weighted by molar-refractivity contribution is -0.133. The minimum atomic E-state index is -1.46. The summed E-state index contributed by atoms with van der Waals surface area (Å²) in [4.78, 5) is 29.8. The lowest BCUT2D eigenvalue weighted by atomic mass is 10.3. The molecule has 0 aromatic heterocycles. The summed E-state index contributed by atoms with van der Waals surface area (Å²) in [6, 6.07) is 0. The molecular weight excluding hydrogens is 138 g/mol. The van der Waals surface area contributed by atoms with E-state index < -0.39 is 17.4 Å². The highest BCUT2D eigenvalue weighted by molar-refractivity contribution is 6.11. The number of aliphatic carboxylic acids is 1. The van der Waals surface area contributed by atoms with Crippen molar-refractivity contribution in [3.63, 3.8) is 0 Å². The summed E-state index contributed by atoms with van der Waals surface area (Å²) in [5.41, 5.74) is 3.92. The van der Waals surface area contributed by atoms with Crippen LogP contribution in [-0.2, 0) is 14.4 Å². The van der Waals surface area contributed by atoms with Crippen molar-refractivity contribution in [2.45, 2.75) is 0 Å². The van der Waals surface area contributed by atoms with Crippen LogP contribution in [0.4, 0.5) is 0 Å². The molecule has 0 radical (unpaired) electrons. The zero-order valence-corrected chi connectivity index (χ0v) is 4.90. The SMILES string of the molecule is NC(=O)/C=C(/C=O)C(=O)O. The van der Waals surface area contributed by atoms with E-state index in [4.69, 9.17) is 5.11 Å². The predicted molar refractivity (Wildman–Crippen MR) is 31.0 cm³/mol. The third kappa shape index (κ3) is 2.61. The number of rotatable bonds is 3. The topological polar surface area (TPSA) is 97.5 Å². The van der Waals surface area contributed by atoms with Crippen LogP contribution in [-0.4, -0.2) is 23.3 Å². The van der Waals surface area contributed by atoms with Crippen molar-refractivity contribution in [2.24, 2.45) is 5.73 Å². The fourth-order valence-electron chi connectivity index (χ4n) is 0.299. The molecule has 5 nitrogen and oxygen atoms in total. The van der Waals surface area contributed by atoms with Gasteiger partial charge >= 0.3 is 5.97 Å². The van der Waals surface area contributed by atoms with E-state index in [-0.39, 0.29) is 6.29 Å². The molecule has 54 valence electrons. The molecule has 0 aromatic carbocycles. The van der Waals surface area contributed by atoms with Crippen molar-refractivity contribution in [3.8, 4) is 0 Å². The van der Waals surface area contributed by atoms with Gasteiger partial charge in [-0.05, 0) is 0 Å². The minimum absolute atomic E-state index is 0.0487. The van der Waals surface area contributed by atoms with Gasteiger partial charge in [-0.1, -0.05) is 0 Å². The average Bonchev–Trinajstić information content (AvgIpc) is 1.81. The van der Waals surface area contributed by atoms with Gasteiger partial charge in [0, 0.05) is 6.08 Å². The molecule has 0 rings (SSSR count). The summed E-state index contributed by atoms with van der Waals surface area (Å²) in [7, 11) is 0. The fourth-order valence-corrected chi connectivity index (χ4v) is 0.299. The smallest absolute Gasteiger partial charge is 0.339 e. The molecule has 10 heavy (non-hydrogen) atoms. The maximum absolute atomic E-state index is 10.00. The largest absolute Gasteiger partial charge is 0.478 e. The molecule has 3 N–H and O–H groups in total. The number of hydrogen-bond donors (Lipinski definition) is 2. The number of primary amides is 1. The third-order valence-corrected chi connectivity index (χ3v) is 0.672. The second-order valence-corrected chi connectivity index (χ2v) is 1.43. The standard InChI is InChI=1S/C5H5NO4/c6-4(8)1-3(2-7)5(9)10/h1-2H,(H2,6,8)(H,9,10)/b3-1-. The Hall–Kier alpha value is -1.65. The summed E-state index contributed by atoms with van der Waals surface area (Å²) in [5.74, 6) is -2.42. The molecule has 0 aliphatic heterocycles. The number of carboxylic acids is 1. The van der Waals surface area contributed by atoms with Crippen LogP contribution >= 0.6 is 0 Å². The van der Waals surface area contributed by atoms with Crippen molar-refractivity contribution in [1.82, 2.24) is 0 Å². The molecule has 0 aliphatic rings. The van der Waals surface area contributed by atoms with Crippen molar-refractivity contribution in [3.05, 3.63) is 11.6 Å². The van der Waals surface area contributed by atoms with Gasteiger partial charge in [0.1, 0.15) is 5.57 Å². The molecule has 0 bridgehead atoms. The van der Waals surface area contributed by atoms with Crippen molar-refractivity contribution >= 4 is 18.2 Å². The second-order valence-electron chi connectivity index (χ2n) is 1.43. The maximum atomic E-state index is 10.00. The number of aldehydes is 1. The Labute approximate surface area is 56.1 Å². The maximum Gasteiger partial charge on any atom is 0.339 e. The normalized spacial score (nSPS) is 10.6. The fraction of sp³-hybridized carbons (Fsp3) is 0. The molecule has 0 atom stereocenters. The Kier molecular flexibility index (Phi) is 2.83. The number of carbonyl (C=O) groups is 3. The first kappa shape index (κ1) is 8.35. The Balaban J connectivity index is 4.49. The molecule has 0 aromatic rings. The first-order valence-electron chi connectivity index (χ1n) is 2.27. The van der Waals surface area contributed by atoms with E-state index in [9.17, 15) is 14.4 Å². The number of nitrogens with two attached hydrogens (primary N) is 1. The molecule has 0 saturated carbocycles. The van der Waals surface area contributed by atoms with E-state index in [0.717, 1.165) is 0 Å². The number of amides is 1. The number of carbonyl (C=O) groups excluding carboxylic acids is 2. The second kappa shape index (κ2) is 3.39. The Morgan fingerprint density at radius 3 is 2.00 bits per heavy atom. The summed E-state index contributed by atoms with van der Waals surface area (Å²) in [5, 5.41) is 8.11. The van der Waals surface area contributed by atoms with E-state index in [2.05, 4.69) is 5.73 Å². The van der Waals surface area contributed by atoms with Crippen LogP contribution in [0.25, 0.3) is 0 Å². The Bertz CT molecular complexity index is 206. The highest BCUT2D eigenvalue weighted by atomic mass is 16.4. The molecule has 0 unspecified atom stereocenters. The quantitative estimate of drug-likeness (QED) is 0.221.